The number of ether oxygens (including phenoxy) is 2. The average Bonchev–Trinajstić information content (AvgIpc) is 2.93. The highest BCUT2D eigenvalue weighted by Crippen LogP contribution is 2.29. The first-order valence-electron chi connectivity index (χ1n) is 11.5. The van der Waals surface area contributed by atoms with Gasteiger partial charge in [-0.05, 0) is 36.8 Å². The van der Waals surface area contributed by atoms with Crippen LogP contribution in [-0.4, -0.2) is 62.2 Å². The van der Waals surface area contributed by atoms with E-state index in [0.717, 1.165) is 5.57 Å². The molecular formula is C27H28ClFN4O4. The number of hydrogen-bond donors (Lipinski definition) is 2. The first-order valence-corrected chi connectivity index (χ1v) is 12.0. The van der Waals surface area contributed by atoms with E-state index < -0.39 is 11.8 Å². The van der Waals surface area contributed by atoms with Crippen molar-refractivity contribution >= 4 is 41.1 Å². The van der Waals surface area contributed by atoms with Gasteiger partial charge >= 0.3 is 5.97 Å². The smallest absolute Gasteiger partial charge is 0.339 e. The molecule has 8 nitrogen and oxygen atoms in total. The zero-order chi connectivity index (χ0) is 26.8. The van der Waals surface area contributed by atoms with E-state index in [1.807, 2.05) is 13.0 Å². The van der Waals surface area contributed by atoms with Crippen LogP contribution in [0.3, 0.4) is 0 Å². The van der Waals surface area contributed by atoms with Crippen molar-refractivity contribution in [3.05, 3.63) is 76.6 Å². The summed E-state index contributed by atoms with van der Waals surface area (Å²) in [6.07, 6.45) is 5.77. The van der Waals surface area contributed by atoms with Gasteiger partial charge in [0, 0.05) is 42.4 Å². The maximum atomic E-state index is 15.1. The molecule has 0 aromatic heterocycles. The van der Waals surface area contributed by atoms with Gasteiger partial charge in [0.2, 0.25) is 5.96 Å². The van der Waals surface area contributed by atoms with Gasteiger partial charge in [-0.1, -0.05) is 18.2 Å². The van der Waals surface area contributed by atoms with Crippen LogP contribution in [0.2, 0.25) is 0 Å². The minimum Gasteiger partial charge on any atom is -0.496 e. The second kappa shape index (κ2) is 13.4. The number of carbonyl (C=O) groups is 1. The zero-order valence-corrected chi connectivity index (χ0v) is 21.6. The fraction of sp³-hybridized carbons (Fsp3) is 0.259. The summed E-state index contributed by atoms with van der Waals surface area (Å²) in [7, 11) is 2.89. The van der Waals surface area contributed by atoms with Gasteiger partial charge in [0.15, 0.2) is 0 Å². The van der Waals surface area contributed by atoms with Crippen molar-refractivity contribution in [2.45, 2.75) is 13.3 Å². The van der Waals surface area contributed by atoms with Crippen LogP contribution in [0.5, 0.6) is 11.5 Å². The van der Waals surface area contributed by atoms with Crippen molar-refractivity contribution < 1.29 is 23.8 Å². The van der Waals surface area contributed by atoms with E-state index in [2.05, 4.69) is 15.3 Å². The number of carboxylic acid groups (broad SMARTS) is 1. The summed E-state index contributed by atoms with van der Waals surface area (Å²) in [5.74, 6) is -0.486. The summed E-state index contributed by atoms with van der Waals surface area (Å²) in [6, 6.07) is 9.25. The van der Waals surface area contributed by atoms with Gasteiger partial charge < -0.3 is 19.9 Å². The van der Waals surface area contributed by atoms with Crippen molar-refractivity contribution in [1.29, 1.82) is 0 Å². The van der Waals surface area contributed by atoms with E-state index in [1.54, 1.807) is 36.6 Å². The lowest BCUT2D eigenvalue weighted by atomic mass is 9.94. The predicted octanol–water partition coefficient (Wildman–Crippen LogP) is 5.38. The molecule has 2 aromatic rings. The van der Waals surface area contributed by atoms with Crippen molar-refractivity contribution in [3.8, 4) is 11.5 Å². The zero-order valence-electron chi connectivity index (χ0n) is 20.8. The molecule has 1 aliphatic rings. The van der Waals surface area contributed by atoms with E-state index in [0.29, 0.717) is 41.6 Å². The number of benzene rings is 2. The fourth-order valence-electron chi connectivity index (χ4n) is 3.72. The highest BCUT2D eigenvalue weighted by atomic mass is 35.5. The Hall–Kier alpha value is -3.98. The number of nitrogens with zero attached hydrogens (tertiary/aromatic N) is 3. The molecule has 0 saturated carbocycles. The van der Waals surface area contributed by atoms with Crippen LogP contribution in [-0.2, 0) is 0 Å². The number of hydrogen-bond acceptors (Lipinski definition) is 7. The Balaban J connectivity index is 2.01. The fourth-order valence-corrected chi connectivity index (χ4v) is 3.88. The molecule has 3 rings (SSSR count). The third kappa shape index (κ3) is 6.83. The van der Waals surface area contributed by atoms with Crippen LogP contribution in [0.25, 0.3) is 0 Å². The molecule has 1 heterocycles. The van der Waals surface area contributed by atoms with E-state index in [9.17, 15) is 9.90 Å². The molecule has 0 saturated heterocycles. The van der Waals surface area contributed by atoms with Crippen molar-refractivity contribution in [2.75, 3.05) is 38.5 Å². The lowest BCUT2D eigenvalue weighted by Gasteiger charge is -2.17. The predicted molar refractivity (Wildman–Crippen MR) is 146 cm³/mol. The Morgan fingerprint density at radius 1 is 1.19 bits per heavy atom. The van der Waals surface area contributed by atoms with Gasteiger partial charge in [-0.15, -0.1) is 11.6 Å². The van der Waals surface area contributed by atoms with Gasteiger partial charge in [0.05, 0.1) is 32.0 Å². The Bertz CT molecular complexity index is 1300. The molecule has 37 heavy (non-hydrogen) atoms. The number of alkyl halides is 1. The quantitative estimate of drug-likeness (QED) is 0.491. The average molecular weight is 527 g/mol. The first-order chi connectivity index (χ1) is 17.9. The lowest BCUT2D eigenvalue weighted by Crippen LogP contribution is -2.15. The number of rotatable bonds is 6. The summed E-state index contributed by atoms with van der Waals surface area (Å²) in [4.78, 5) is 25.2. The van der Waals surface area contributed by atoms with Gasteiger partial charge in [0.25, 0.3) is 0 Å². The van der Waals surface area contributed by atoms with Crippen LogP contribution in [0, 0.1) is 5.82 Å². The number of halogens is 2. The Morgan fingerprint density at radius 3 is 2.65 bits per heavy atom. The molecule has 10 heteroatoms. The van der Waals surface area contributed by atoms with E-state index in [1.165, 1.54) is 26.4 Å². The minimum atomic E-state index is -1.09. The van der Waals surface area contributed by atoms with Crippen molar-refractivity contribution in [1.82, 2.24) is 0 Å². The highest BCUT2D eigenvalue weighted by molar-refractivity contribution is 6.21. The number of allylic oxidation sites excluding steroid dienone is 2. The van der Waals surface area contributed by atoms with Crippen LogP contribution in [0.15, 0.2) is 74.7 Å². The molecule has 0 atom stereocenters. The molecule has 0 radical (unpaired) electrons. The maximum Gasteiger partial charge on any atom is 0.339 e. The van der Waals surface area contributed by atoms with E-state index >= 15 is 4.39 Å². The molecule has 0 amide bonds. The Morgan fingerprint density at radius 2 is 1.97 bits per heavy atom. The van der Waals surface area contributed by atoms with Crippen molar-refractivity contribution in [2.24, 2.45) is 15.0 Å². The molecule has 0 bridgehead atoms. The number of anilines is 1. The summed E-state index contributed by atoms with van der Waals surface area (Å²) < 4.78 is 25.7. The Labute approximate surface area is 219 Å². The second-order valence-corrected chi connectivity index (χ2v) is 8.03. The summed E-state index contributed by atoms with van der Waals surface area (Å²) in [5.41, 5.74) is 2.70. The number of guanidine groups is 1. The standard InChI is InChI=1S/C27H28ClFN4O4/c1-4-17-16-32-27(33-18-9-10-20(26(34)35)23(15-18)37-3)31-14-6-13-30-25(19(17)11-12-28)24-21(29)7-5-8-22(24)36-2/h4-5,7-11,14-15H,6,12-13,16H2,1-3H3,(H,32,33)(H,34,35)/b17-4-,19-11+,30-25?,31-14?. The molecule has 0 aliphatic carbocycles. The Kier molecular flexibility index (Phi) is 9.97. The lowest BCUT2D eigenvalue weighted by molar-refractivity contribution is 0.0693. The third-order valence-electron chi connectivity index (χ3n) is 5.49. The van der Waals surface area contributed by atoms with Gasteiger partial charge in [-0.3, -0.25) is 4.99 Å². The van der Waals surface area contributed by atoms with Crippen LogP contribution >= 0.6 is 11.6 Å². The number of aromatic carboxylic acids is 1. The number of methoxy groups -OCH3 is 2. The molecule has 194 valence electrons. The van der Waals surface area contributed by atoms with Crippen LogP contribution in [0.1, 0.15) is 29.3 Å². The summed E-state index contributed by atoms with van der Waals surface area (Å²) in [5, 5.41) is 12.4. The molecule has 2 aromatic carbocycles. The summed E-state index contributed by atoms with van der Waals surface area (Å²) >= 11 is 6.11. The van der Waals surface area contributed by atoms with Crippen molar-refractivity contribution in [3.63, 3.8) is 0 Å². The first kappa shape index (κ1) is 27.6. The molecule has 0 fully saturated rings. The maximum absolute atomic E-state index is 15.1. The topological polar surface area (TPSA) is 105 Å². The summed E-state index contributed by atoms with van der Waals surface area (Å²) in [6.45, 7) is 2.38. The molecular weight excluding hydrogens is 499 g/mol. The van der Waals surface area contributed by atoms with Gasteiger partial charge in [0.1, 0.15) is 22.9 Å². The third-order valence-corrected chi connectivity index (χ3v) is 5.65. The largest absolute Gasteiger partial charge is 0.496 e. The van der Waals surface area contributed by atoms with Gasteiger partial charge in [-0.2, -0.15) is 0 Å². The monoisotopic (exact) mass is 526 g/mol. The molecule has 0 spiro atoms. The van der Waals surface area contributed by atoms with E-state index in [-0.39, 0.29) is 29.3 Å². The minimum absolute atomic E-state index is 0.0428. The number of nitrogens with one attached hydrogen (secondary N) is 1. The number of carboxylic acids is 1. The molecule has 1 aliphatic heterocycles. The highest BCUT2D eigenvalue weighted by Gasteiger charge is 2.22. The van der Waals surface area contributed by atoms with E-state index in [4.69, 9.17) is 26.1 Å². The second-order valence-electron chi connectivity index (χ2n) is 7.72. The normalized spacial score (nSPS) is 16.6. The van der Waals surface area contributed by atoms with Gasteiger partial charge in [-0.25, -0.2) is 19.2 Å². The molecule has 2 N–H and O–H groups in total. The van der Waals surface area contributed by atoms with Crippen LogP contribution < -0.4 is 14.8 Å². The SMILES string of the molecule is C/C=C1/CN=C(Nc2ccc(C(=O)O)c(OC)c2)N=CCCN=C(c2c(F)cccc2OC)/C1=C/CCl. The number of aliphatic imine (C=N–C) groups is 3. The molecule has 0 unspecified atom stereocenters. The van der Waals surface area contributed by atoms with Crippen LogP contribution in [0.4, 0.5) is 10.1 Å².